The Balaban J connectivity index is 1.27. The number of hydrogen-bond donors (Lipinski definition) is 1. The quantitative estimate of drug-likeness (QED) is 0.371. The van der Waals surface area contributed by atoms with E-state index < -0.39 is 6.10 Å². The summed E-state index contributed by atoms with van der Waals surface area (Å²) in [7, 11) is 0. The van der Waals surface area contributed by atoms with E-state index in [4.69, 9.17) is 9.47 Å². The van der Waals surface area contributed by atoms with Crippen LogP contribution in [-0.2, 0) is 17.8 Å². The van der Waals surface area contributed by atoms with Gasteiger partial charge in [-0.05, 0) is 61.1 Å². The van der Waals surface area contributed by atoms with Gasteiger partial charge >= 0.3 is 0 Å². The van der Waals surface area contributed by atoms with Gasteiger partial charge in [-0.1, -0.05) is 60.7 Å². The molecule has 1 N–H and O–H groups in total. The number of likely N-dealkylation sites (tertiary alicyclic amines) is 1. The summed E-state index contributed by atoms with van der Waals surface area (Å²) in [6.07, 6.45) is 3.61. The van der Waals surface area contributed by atoms with E-state index in [0.717, 1.165) is 51.2 Å². The van der Waals surface area contributed by atoms with Crippen molar-refractivity contribution in [2.24, 2.45) is 0 Å². The topological polar surface area (TPSA) is 62.2 Å². The lowest BCUT2D eigenvalue weighted by atomic mass is 10.1. The summed E-state index contributed by atoms with van der Waals surface area (Å²) in [5.41, 5.74) is 2.39. The van der Waals surface area contributed by atoms with Crippen molar-refractivity contribution in [3.05, 3.63) is 96.1 Å². The Hall–Kier alpha value is -3.35. The molecule has 4 rings (SSSR count). The van der Waals surface area contributed by atoms with Crippen LogP contribution in [-0.4, -0.2) is 66.3 Å². The van der Waals surface area contributed by atoms with E-state index in [-0.39, 0.29) is 19.1 Å². The minimum atomic E-state index is -0.600. The van der Waals surface area contributed by atoms with E-state index in [2.05, 4.69) is 29.2 Å². The standard InChI is InChI=1S/C31H38N2O4/c34-28(24-36-29-12-6-2-7-13-29)23-32(22-27-10-4-1-5-11-27)21-18-26-14-16-30(17-15-26)37-25-31(35)33-19-8-3-9-20-33/h1-2,4-7,10-17,28,34H,3,8-9,18-25H2. The van der Waals surface area contributed by atoms with E-state index in [0.29, 0.717) is 12.3 Å². The lowest BCUT2D eigenvalue weighted by molar-refractivity contribution is -0.134. The highest BCUT2D eigenvalue weighted by molar-refractivity contribution is 5.77. The highest BCUT2D eigenvalue weighted by Crippen LogP contribution is 2.16. The van der Waals surface area contributed by atoms with Gasteiger partial charge in [-0.25, -0.2) is 0 Å². The first-order valence-corrected chi connectivity index (χ1v) is 13.3. The Labute approximate surface area is 220 Å². The van der Waals surface area contributed by atoms with Crippen LogP contribution in [0, 0.1) is 0 Å². The summed E-state index contributed by atoms with van der Waals surface area (Å²) in [5.74, 6) is 1.54. The van der Waals surface area contributed by atoms with Gasteiger partial charge in [0.05, 0.1) is 0 Å². The maximum Gasteiger partial charge on any atom is 0.260 e. The van der Waals surface area contributed by atoms with Gasteiger partial charge in [-0.2, -0.15) is 0 Å². The monoisotopic (exact) mass is 502 g/mol. The molecule has 1 fully saturated rings. The van der Waals surface area contributed by atoms with Gasteiger partial charge in [-0.15, -0.1) is 0 Å². The molecule has 37 heavy (non-hydrogen) atoms. The number of ether oxygens (including phenoxy) is 2. The third-order valence-electron chi connectivity index (χ3n) is 6.61. The van der Waals surface area contributed by atoms with Gasteiger partial charge in [0.15, 0.2) is 6.61 Å². The van der Waals surface area contributed by atoms with Crippen LogP contribution < -0.4 is 9.47 Å². The van der Waals surface area contributed by atoms with Crippen molar-refractivity contribution < 1.29 is 19.4 Å². The van der Waals surface area contributed by atoms with Crippen LogP contribution in [0.15, 0.2) is 84.9 Å². The number of hydrogen-bond acceptors (Lipinski definition) is 5. The van der Waals surface area contributed by atoms with Crippen LogP contribution in [0.5, 0.6) is 11.5 Å². The number of amides is 1. The predicted molar refractivity (Wildman–Crippen MR) is 146 cm³/mol. The van der Waals surface area contributed by atoms with Gasteiger partial charge in [0.2, 0.25) is 0 Å². The Kier molecular flexibility index (Phi) is 10.4. The van der Waals surface area contributed by atoms with Crippen molar-refractivity contribution in [1.82, 2.24) is 9.80 Å². The van der Waals surface area contributed by atoms with E-state index in [1.807, 2.05) is 65.6 Å². The molecule has 196 valence electrons. The summed E-state index contributed by atoms with van der Waals surface area (Å²) in [4.78, 5) is 16.5. The normalized spacial score (nSPS) is 14.4. The van der Waals surface area contributed by atoms with Crippen LogP contribution in [0.3, 0.4) is 0 Å². The van der Waals surface area contributed by atoms with Gasteiger partial charge in [0, 0.05) is 32.7 Å². The second-order valence-corrected chi connectivity index (χ2v) is 9.62. The molecule has 3 aromatic rings. The zero-order chi connectivity index (χ0) is 25.7. The molecule has 0 spiro atoms. The van der Waals surface area contributed by atoms with Crippen LogP contribution in [0.4, 0.5) is 0 Å². The smallest absolute Gasteiger partial charge is 0.260 e. The third-order valence-corrected chi connectivity index (χ3v) is 6.61. The maximum absolute atomic E-state index is 12.3. The van der Waals surface area contributed by atoms with Gasteiger partial charge in [0.1, 0.15) is 24.2 Å². The van der Waals surface area contributed by atoms with Crippen LogP contribution >= 0.6 is 0 Å². The molecule has 0 radical (unpaired) electrons. The molecule has 1 atom stereocenters. The molecule has 0 aromatic heterocycles. The predicted octanol–water partition coefficient (Wildman–Crippen LogP) is 4.56. The summed E-state index contributed by atoms with van der Waals surface area (Å²) < 4.78 is 11.5. The molecule has 0 saturated carbocycles. The summed E-state index contributed by atoms with van der Waals surface area (Å²) in [5, 5.41) is 10.7. The van der Waals surface area contributed by atoms with Crippen molar-refractivity contribution in [2.75, 3.05) is 39.4 Å². The van der Waals surface area contributed by atoms with Crippen LogP contribution in [0.25, 0.3) is 0 Å². The fraction of sp³-hybridized carbons (Fsp3) is 0.387. The molecular formula is C31H38N2O4. The average molecular weight is 503 g/mol. The Morgan fingerprint density at radius 3 is 2.16 bits per heavy atom. The number of carbonyl (C=O) groups excluding carboxylic acids is 1. The van der Waals surface area contributed by atoms with E-state index in [1.54, 1.807) is 0 Å². The first-order chi connectivity index (χ1) is 18.2. The molecule has 1 unspecified atom stereocenters. The summed E-state index contributed by atoms with van der Waals surface area (Å²) in [6.45, 7) is 4.08. The number of rotatable bonds is 13. The van der Waals surface area contributed by atoms with Gasteiger partial charge in [-0.3, -0.25) is 9.69 Å². The third kappa shape index (κ3) is 9.23. The molecule has 1 heterocycles. The summed E-state index contributed by atoms with van der Waals surface area (Å²) >= 11 is 0. The van der Waals surface area contributed by atoms with Gasteiger partial charge < -0.3 is 19.5 Å². The van der Waals surface area contributed by atoms with E-state index in [9.17, 15) is 9.90 Å². The maximum atomic E-state index is 12.3. The molecule has 6 nitrogen and oxygen atoms in total. The Bertz CT molecular complexity index is 1050. The molecule has 1 aliphatic rings. The average Bonchev–Trinajstić information content (AvgIpc) is 2.95. The minimum Gasteiger partial charge on any atom is -0.491 e. The van der Waals surface area contributed by atoms with E-state index in [1.165, 1.54) is 17.5 Å². The molecule has 3 aromatic carbocycles. The number of aliphatic hydroxyl groups is 1. The number of aliphatic hydroxyl groups excluding tert-OH is 1. The lowest BCUT2D eigenvalue weighted by Crippen LogP contribution is -2.38. The van der Waals surface area contributed by atoms with Crippen molar-refractivity contribution in [2.45, 2.75) is 38.3 Å². The SMILES string of the molecule is O=C(COc1ccc(CCN(Cc2ccccc2)CC(O)COc2ccccc2)cc1)N1CCCCC1. The number of benzene rings is 3. The Morgan fingerprint density at radius 2 is 1.46 bits per heavy atom. The Morgan fingerprint density at radius 1 is 0.811 bits per heavy atom. The highest BCUT2D eigenvalue weighted by atomic mass is 16.5. The zero-order valence-corrected chi connectivity index (χ0v) is 21.5. The van der Waals surface area contributed by atoms with Crippen molar-refractivity contribution in [3.8, 4) is 11.5 Å². The fourth-order valence-electron chi connectivity index (χ4n) is 4.56. The highest BCUT2D eigenvalue weighted by Gasteiger charge is 2.17. The van der Waals surface area contributed by atoms with Crippen LogP contribution in [0.2, 0.25) is 0 Å². The van der Waals surface area contributed by atoms with Crippen molar-refractivity contribution in [1.29, 1.82) is 0 Å². The first-order valence-electron chi connectivity index (χ1n) is 13.3. The minimum absolute atomic E-state index is 0.0649. The number of carbonyl (C=O) groups is 1. The number of para-hydroxylation sites is 1. The first kappa shape index (κ1) is 26.7. The molecule has 0 bridgehead atoms. The van der Waals surface area contributed by atoms with Crippen LogP contribution in [0.1, 0.15) is 30.4 Å². The number of piperidine rings is 1. The molecule has 1 amide bonds. The zero-order valence-electron chi connectivity index (χ0n) is 21.5. The molecule has 1 saturated heterocycles. The largest absolute Gasteiger partial charge is 0.491 e. The van der Waals surface area contributed by atoms with Crippen molar-refractivity contribution in [3.63, 3.8) is 0 Å². The second-order valence-electron chi connectivity index (χ2n) is 9.62. The van der Waals surface area contributed by atoms with E-state index >= 15 is 0 Å². The number of nitrogens with zero attached hydrogens (tertiary/aromatic N) is 2. The molecule has 1 aliphatic heterocycles. The molecule has 0 aliphatic carbocycles. The van der Waals surface area contributed by atoms with Gasteiger partial charge in [0.25, 0.3) is 5.91 Å². The van der Waals surface area contributed by atoms with Crippen molar-refractivity contribution >= 4 is 5.91 Å². The molecule has 6 heteroatoms. The lowest BCUT2D eigenvalue weighted by Gasteiger charge is -2.26. The molecular weight excluding hydrogens is 464 g/mol. The fourth-order valence-corrected chi connectivity index (χ4v) is 4.56. The second kappa shape index (κ2) is 14.4. The summed E-state index contributed by atoms with van der Waals surface area (Å²) in [6, 6.07) is 27.9.